The highest BCUT2D eigenvalue weighted by atomic mass is 35.5. The van der Waals surface area contributed by atoms with Crippen LogP contribution in [0.3, 0.4) is 0 Å². The third-order valence-electron chi connectivity index (χ3n) is 3.72. The van der Waals surface area contributed by atoms with E-state index in [1.807, 2.05) is 6.92 Å². The summed E-state index contributed by atoms with van der Waals surface area (Å²) in [7, 11) is 0. The largest absolute Gasteiger partial charge is 0.469 e. The zero-order chi connectivity index (χ0) is 13.6. The number of hydrogen-bond acceptors (Lipinski definition) is 2. The zero-order valence-corrected chi connectivity index (χ0v) is 12.1. The smallest absolute Gasteiger partial charge is 0.254 e. The van der Waals surface area contributed by atoms with Gasteiger partial charge in [0.15, 0.2) is 0 Å². The predicted octanol–water partition coefficient (Wildman–Crippen LogP) is 3.62. The quantitative estimate of drug-likeness (QED) is 0.770. The van der Waals surface area contributed by atoms with Gasteiger partial charge in [0.1, 0.15) is 5.76 Å². The van der Waals surface area contributed by atoms with E-state index in [0.717, 1.165) is 25.0 Å². The van der Waals surface area contributed by atoms with Crippen LogP contribution in [0.25, 0.3) is 0 Å². The lowest BCUT2D eigenvalue weighted by molar-refractivity contribution is 0.0930. The fraction of sp³-hybridized carbons (Fsp3) is 0.643. The van der Waals surface area contributed by atoms with Crippen molar-refractivity contribution in [3.8, 4) is 0 Å². The molecule has 1 heterocycles. The third-order valence-corrected chi connectivity index (χ3v) is 4.29. The van der Waals surface area contributed by atoms with Crippen molar-refractivity contribution in [3.05, 3.63) is 23.7 Å². The van der Waals surface area contributed by atoms with E-state index < -0.39 is 0 Å². The molecule has 1 rings (SSSR count). The summed E-state index contributed by atoms with van der Waals surface area (Å²) in [5, 5.41) is 2.97. The maximum Gasteiger partial charge on any atom is 0.254 e. The van der Waals surface area contributed by atoms with Crippen molar-refractivity contribution in [1.82, 2.24) is 5.32 Å². The molecule has 1 aromatic heterocycles. The van der Waals surface area contributed by atoms with E-state index in [1.54, 1.807) is 12.3 Å². The van der Waals surface area contributed by atoms with Crippen molar-refractivity contribution in [2.24, 2.45) is 5.41 Å². The van der Waals surface area contributed by atoms with Crippen molar-refractivity contribution in [2.45, 2.75) is 40.0 Å². The summed E-state index contributed by atoms with van der Waals surface area (Å²) in [6, 6.07) is 1.72. The van der Waals surface area contributed by atoms with Crippen LogP contribution >= 0.6 is 11.6 Å². The van der Waals surface area contributed by atoms with E-state index in [-0.39, 0.29) is 11.3 Å². The molecule has 0 aliphatic rings. The number of rotatable bonds is 7. The number of furan rings is 1. The highest BCUT2D eigenvalue weighted by molar-refractivity contribution is 6.18. The first-order chi connectivity index (χ1) is 8.62. The Labute approximate surface area is 114 Å². The summed E-state index contributed by atoms with van der Waals surface area (Å²) < 4.78 is 5.26. The first-order valence-electron chi connectivity index (χ1n) is 6.53. The molecule has 0 fully saturated rings. The van der Waals surface area contributed by atoms with Gasteiger partial charge in [-0.25, -0.2) is 0 Å². The number of alkyl halides is 1. The minimum Gasteiger partial charge on any atom is -0.469 e. The molecule has 102 valence electrons. The van der Waals surface area contributed by atoms with Crippen LogP contribution in [0.1, 0.15) is 49.7 Å². The molecule has 0 atom stereocenters. The van der Waals surface area contributed by atoms with Crippen molar-refractivity contribution in [1.29, 1.82) is 0 Å². The first kappa shape index (κ1) is 15.1. The van der Waals surface area contributed by atoms with Gasteiger partial charge in [0.2, 0.25) is 0 Å². The van der Waals surface area contributed by atoms with Crippen LogP contribution in [-0.4, -0.2) is 18.3 Å². The summed E-state index contributed by atoms with van der Waals surface area (Å²) in [5.41, 5.74) is 0.626. The molecular formula is C14H22ClNO2. The van der Waals surface area contributed by atoms with Gasteiger partial charge in [-0.1, -0.05) is 20.8 Å². The number of aryl methyl sites for hydroxylation is 1. The Morgan fingerprint density at radius 1 is 1.39 bits per heavy atom. The summed E-state index contributed by atoms with van der Waals surface area (Å²) in [5.74, 6) is 1.22. The molecule has 1 aromatic rings. The van der Waals surface area contributed by atoms with Crippen LogP contribution in [0.4, 0.5) is 0 Å². The molecular weight excluding hydrogens is 250 g/mol. The molecule has 3 nitrogen and oxygen atoms in total. The Morgan fingerprint density at radius 2 is 2.06 bits per heavy atom. The lowest BCUT2D eigenvalue weighted by atomic mass is 9.84. The normalized spacial score (nSPS) is 11.6. The maximum atomic E-state index is 12.1. The molecule has 0 spiro atoms. The highest BCUT2D eigenvalue weighted by Crippen LogP contribution is 2.27. The second-order valence-electron chi connectivity index (χ2n) is 4.63. The molecule has 0 bridgehead atoms. The maximum absolute atomic E-state index is 12.1. The minimum absolute atomic E-state index is 0.00662. The average Bonchev–Trinajstić information content (AvgIpc) is 2.89. The van der Waals surface area contributed by atoms with Gasteiger partial charge in [-0.2, -0.15) is 0 Å². The summed E-state index contributed by atoms with van der Waals surface area (Å²) in [6.45, 7) is 6.79. The number of nitrogens with one attached hydrogen (secondary N) is 1. The molecule has 4 heteroatoms. The fourth-order valence-electron chi connectivity index (χ4n) is 1.92. The number of hydrogen-bond donors (Lipinski definition) is 1. The van der Waals surface area contributed by atoms with Crippen LogP contribution < -0.4 is 5.32 Å². The number of halogens is 1. The molecule has 0 aliphatic heterocycles. The van der Waals surface area contributed by atoms with E-state index in [0.29, 0.717) is 18.0 Å². The molecule has 1 N–H and O–H groups in total. The average molecular weight is 272 g/mol. The first-order valence-corrected chi connectivity index (χ1v) is 7.06. The zero-order valence-electron chi connectivity index (χ0n) is 11.4. The van der Waals surface area contributed by atoms with Crippen molar-refractivity contribution < 1.29 is 9.21 Å². The Hall–Kier alpha value is -0.960. The molecule has 0 aliphatic carbocycles. The summed E-state index contributed by atoms with van der Waals surface area (Å²) >= 11 is 6.02. The van der Waals surface area contributed by atoms with E-state index >= 15 is 0 Å². The van der Waals surface area contributed by atoms with E-state index in [1.165, 1.54) is 0 Å². The van der Waals surface area contributed by atoms with Crippen LogP contribution in [0.5, 0.6) is 0 Å². The van der Waals surface area contributed by atoms with Crippen molar-refractivity contribution >= 4 is 17.5 Å². The van der Waals surface area contributed by atoms with E-state index in [9.17, 15) is 4.79 Å². The summed E-state index contributed by atoms with van der Waals surface area (Å²) in [6.07, 6.45) is 4.19. The lowest BCUT2D eigenvalue weighted by Gasteiger charge is -2.29. The molecule has 0 unspecified atom stereocenters. The molecule has 0 aromatic carbocycles. The van der Waals surface area contributed by atoms with Crippen LogP contribution in [0, 0.1) is 5.41 Å². The Kier molecular flexibility index (Phi) is 5.73. The fourth-order valence-corrected chi connectivity index (χ4v) is 2.39. The Balaban J connectivity index is 2.66. The van der Waals surface area contributed by atoms with Gasteiger partial charge in [-0.05, 0) is 18.9 Å². The third kappa shape index (κ3) is 3.29. The number of carbonyl (C=O) groups is 1. The molecule has 0 radical (unpaired) electrons. The van der Waals surface area contributed by atoms with E-state index in [2.05, 4.69) is 19.2 Å². The molecule has 0 saturated heterocycles. The van der Waals surface area contributed by atoms with Gasteiger partial charge in [-0.3, -0.25) is 4.79 Å². The lowest BCUT2D eigenvalue weighted by Crippen LogP contribution is -2.38. The Bertz CT molecular complexity index is 375. The standard InChI is InChI=1S/C14H22ClNO2/c1-4-12-11(7-8-18-12)13(17)16-10-14(5-2,6-3)9-15/h7-8H,4-6,9-10H2,1-3H3,(H,16,17). The van der Waals surface area contributed by atoms with Gasteiger partial charge < -0.3 is 9.73 Å². The SMILES string of the molecule is CCc1occc1C(=O)NCC(CC)(CC)CCl. The number of amides is 1. The predicted molar refractivity (Wildman–Crippen MR) is 74.2 cm³/mol. The highest BCUT2D eigenvalue weighted by Gasteiger charge is 2.26. The van der Waals surface area contributed by atoms with E-state index in [4.69, 9.17) is 16.0 Å². The van der Waals surface area contributed by atoms with Gasteiger partial charge >= 0.3 is 0 Å². The molecule has 1 amide bonds. The summed E-state index contributed by atoms with van der Waals surface area (Å²) in [4.78, 5) is 12.1. The van der Waals surface area contributed by atoms with Crippen LogP contribution in [0.2, 0.25) is 0 Å². The molecule has 18 heavy (non-hydrogen) atoms. The van der Waals surface area contributed by atoms with Gasteiger partial charge in [0.25, 0.3) is 5.91 Å². The van der Waals surface area contributed by atoms with Gasteiger partial charge in [-0.15, -0.1) is 11.6 Å². The van der Waals surface area contributed by atoms with Crippen LogP contribution in [-0.2, 0) is 6.42 Å². The van der Waals surface area contributed by atoms with Crippen molar-refractivity contribution in [3.63, 3.8) is 0 Å². The van der Waals surface area contributed by atoms with Crippen molar-refractivity contribution in [2.75, 3.05) is 12.4 Å². The second-order valence-corrected chi connectivity index (χ2v) is 4.90. The van der Waals surface area contributed by atoms with Crippen LogP contribution in [0.15, 0.2) is 16.7 Å². The second kappa shape index (κ2) is 6.83. The minimum atomic E-state index is -0.0722. The Morgan fingerprint density at radius 3 is 2.56 bits per heavy atom. The molecule has 0 saturated carbocycles. The van der Waals surface area contributed by atoms with Gasteiger partial charge in [0.05, 0.1) is 11.8 Å². The topological polar surface area (TPSA) is 42.2 Å². The van der Waals surface area contributed by atoms with Gasteiger partial charge in [0, 0.05) is 24.3 Å². The monoisotopic (exact) mass is 271 g/mol. The number of carbonyl (C=O) groups excluding carboxylic acids is 1.